The Morgan fingerprint density at radius 2 is 1.45 bits per heavy atom. The lowest BCUT2D eigenvalue weighted by molar-refractivity contribution is 0.368. The Balaban J connectivity index is 0.000000422. The zero-order valence-electron chi connectivity index (χ0n) is 11.9. The molecule has 0 saturated carbocycles. The first-order chi connectivity index (χ1) is 10.2. The molecule has 0 spiro atoms. The first-order valence-electron chi connectivity index (χ1n) is 6.28. The molecule has 0 amide bonds. The number of benzene rings is 2. The Labute approximate surface area is 130 Å². The van der Waals surface area contributed by atoms with Gasteiger partial charge >= 0.3 is 12.9 Å². The zero-order valence-corrected chi connectivity index (χ0v) is 12.7. The smallest absolute Gasteiger partial charge is 0.418 e. The van der Waals surface area contributed by atoms with Crippen molar-refractivity contribution < 1.29 is 17.3 Å². The van der Waals surface area contributed by atoms with Crippen LogP contribution in [-0.4, -0.2) is 7.25 Å². The van der Waals surface area contributed by atoms with Crippen LogP contribution in [0.3, 0.4) is 0 Å². The lowest BCUT2D eigenvalue weighted by Gasteiger charge is -2.05. The van der Waals surface area contributed by atoms with Gasteiger partial charge in [-0.25, -0.2) is 0 Å². The molecular formula is C14H13BF4N2S. The Kier molecular flexibility index (Phi) is 6.44. The van der Waals surface area contributed by atoms with E-state index in [2.05, 4.69) is 24.0 Å². The molecule has 8 heteroatoms. The largest absolute Gasteiger partial charge is 0.673 e. The molecular weight excluding hydrogens is 315 g/mol. The van der Waals surface area contributed by atoms with Crippen molar-refractivity contribution in [3.05, 3.63) is 58.6 Å². The zero-order chi connectivity index (χ0) is 16.8. The van der Waals surface area contributed by atoms with Gasteiger partial charge in [0, 0.05) is 11.0 Å². The number of aryl methyl sites for hydroxylation is 2. The predicted octanol–water partition coefficient (Wildman–Crippen LogP) is 6.24. The topological polar surface area (TPSA) is 28.1 Å². The molecule has 0 saturated heterocycles. The molecule has 0 radical (unpaired) electrons. The minimum Gasteiger partial charge on any atom is -0.418 e. The fourth-order valence-electron chi connectivity index (χ4n) is 1.63. The Morgan fingerprint density at radius 1 is 0.909 bits per heavy atom. The summed E-state index contributed by atoms with van der Waals surface area (Å²) in [5.41, 5.74) is 2.97. The molecule has 0 aliphatic carbocycles. The average molecular weight is 328 g/mol. The van der Waals surface area contributed by atoms with Gasteiger partial charge < -0.3 is 17.3 Å². The second kappa shape index (κ2) is 7.85. The molecule has 0 N–H and O–H groups in total. The molecule has 0 aliphatic heterocycles. The van der Waals surface area contributed by atoms with Crippen LogP contribution in [0.1, 0.15) is 11.1 Å². The van der Waals surface area contributed by atoms with Gasteiger partial charge in [-0.3, -0.25) is 0 Å². The van der Waals surface area contributed by atoms with E-state index in [0.29, 0.717) is 5.69 Å². The highest BCUT2D eigenvalue weighted by molar-refractivity contribution is 7.99. The van der Waals surface area contributed by atoms with Crippen molar-refractivity contribution in [2.75, 3.05) is 0 Å². The summed E-state index contributed by atoms with van der Waals surface area (Å²) in [6.07, 6.45) is 0. The molecule has 22 heavy (non-hydrogen) atoms. The first-order valence-corrected chi connectivity index (χ1v) is 7.09. The molecule has 0 aliphatic rings. The van der Waals surface area contributed by atoms with Gasteiger partial charge in [0.05, 0.1) is 0 Å². The second-order valence-electron chi connectivity index (χ2n) is 4.39. The van der Waals surface area contributed by atoms with Crippen molar-refractivity contribution >= 4 is 24.7 Å². The minimum absolute atomic E-state index is 0.623. The third-order valence-electron chi connectivity index (χ3n) is 2.60. The maximum atomic E-state index is 9.75. The fraction of sp³-hybridized carbons (Fsp3) is 0.143. The SMILES string of the molecule is Cc1ccccc1Sc1c(C)cccc1[N+]#N.F[B-](F)(F)F. The van der Waals surface area contributed by atoms with Crippen LogP contribution in [0.15, 0.2) is 52.3 Å². The molecule has 0 bridgehead atoms. The number of rotatable bonds is 2. The molecule has 0 atom stereocenters. The van der Waals surface area contributed by atoms with Crippen molar-refractivity contribution in [2.24, 2.45) is 0 Å². The van der Waals surface area contributed by atoms with Crippen LogP contribution in [0.4, 0.5) is 23.0 Å². The normalized spacial score (nSPS) is 10.4. The van der Waals surface area contributed by atoms with E-state index in [1.54, 1.807) is 11.8 Å². The van der Waals surface area contributed by atoms with Crippen LogP contribution in [-0.2, 0) is 0 Å². The number of nitrogens with zero attached hydrogens (tertiary/aromatic N) is 2. The van der Waals surface area contributed by atoms with Crippen molar-refractivity contribution in [3.8, 4) is 0 Å². The summed E-state index contributed by atoms with van der Waals surface area (Å²) in [5, 5.41) is 9.00. The average Bonchev–Trinajstić information content (AvgIpc) is 2.41. The molecule has 2 aromatic carbocycles. The molecule has 0 unspecified atom stereocenters. The number of halogens is 4. The van der Waals surface area contributed by atoms with E-state index in [9.17, 15) is 17.3 Å². The van der Waals surface area contributed by atoms with Crippen molar-refractivity contribution in [2.45, 2.75) is 23.6 Å². The molecule has 0 aromatic heterocycles. The van der Waals surface area contributed by atoms with E-state index in [4.69, 9.17) is 5.39 Å². The molecule has 2 aromatic rings. The van der Waals surface area contributed by atoms with Crippen LogP contribution in [0.2, 0.25) is 0 Å². The molecule has 116 valence electrons. The van der Waals surface area contributed by atoms with Crippen LogP contribution in [0, 0.1) is 19.2 Å². The summed E-state index contributed by atoms with van der Waals surface area (Å²) in [7, 11) is -6.00. The van der Waals surface area contributed by atoms with E-state index < -0.39 is 7.25 Å². The van der Waals surface area contributed by atoms with E-state index in [1.807, 2.05) is 37.3 Å². The van der Waals surface area contributed by atoms with Gasteiger partial charge in [0.25, 0.3) is 0 Å². The maximum Gasteiger partial charge on any atom is 0.673 e. The predicted molar refractivity (Wildman–Crippen MR) is 81.4 cm³/mol. The lowest BCUT2D eigenvalue weighted by atomic mass is 10.2. The summed E-state index contributed by atoms with van der Waals surface area (Å²) in [5.74, 6) is 0. The quantitative estimate of drug-likeness (QED) is 0.371. The van der Waals surface area contributed by atoms with E-state index in [-0.39, 0.29) is 0 Å². The molecule has 2 nitrogen and oxygen atoms in total. The van der Waals surface area contributed by atoms with E-state index in [0.717, 1.165) is 10.5 Å². The molecule has 0 heterocycles. The lowest BCUT2D eigenvalue weighted by Crippen LogP contribution is -2.02. The number of diazo groups is 1. The highest BCUT2D eigenvalue weighted by Gasteiger charge is 2.20. The first kappa shape index (κ1) is 18.0. The maximum absolute atomic E-state index is 9.75. The van der Waals surface area contributed by atoms with Crippen LogP contribution in [0.5, 0.6) is 0 Å². The van der Waals surface area contributed by atoms with E-state index >= 15 is 0 Å². The van der Waals surface area contributed by atoms with Crippen molar-refractivity contribution in [3.63, 3.8) is 0 Å². The van der Waals surface area contributed by atoms with Gasteiger partial charge in [-0.15, -0.1) is 0 Å². The monoisotopic (exact) mass is 328 g/mol. The molecule has 0 fully saturated rings. The summed E-state index contributed by atoms with van der Waals surface area (Å²) < 4.78 is 39.0. The molecule has 2 rings (SSSR count). The van der Waals surface area contributed by atoms with Gasteiger partial charge in [0.15, 0.2) is 4.98 Å². The van der Waals surface area contributed by atoms with Crippen LogP contribution >= 0.6 is 11.8 Å². The van der Waals surface area contributed by atoms with Gasteiger partial charge in [0.2, 0.25) is 5.39 Å². The van der Waals surface area contributed by atoms with Crippen molar-refractivity contribution in [1.82, 2.24) is 0 Å². The highest BCUT2D eigenvalue weighted by Crippen LogP contribution is 2.38. The summed E-state index contributed by atoms with van der Waals surface area (Å²) in [4.78, 5) is 5.53. The van der Waals surface area contributed by atoms with Gasteiger partial charge in [0.1, 0.15) is 4.90 Å². The third-order valence-corrected chi connectivity index (χ3v) is 4.02. The highest BCUT2D eigenvalue weighted by atomic mass is 32.2. The summed E-state index contributed by atoms with van der Waals surface area (Å²) in [6, 6.07) is 13.9. The van der Waals surface area contributed by atoms with Gasteiger partial charge in [-0.1, -0.05) is 42.1 Å². The number of hydrogen-bond acceptors (Lipinski definition) is 2. The standard InChI is InChI=1S/C14H13N2S.BF4/c1-10-6-3-4-9-13(10)17-14-11(2)7-5-8-12(14)16-15;2-1(3,4)5/h3-9H,1-2H3;/q+1;-1. The summed E-state index contributed by atoms with van der Waals surface area (Å²) >= 11 is 1.64. The third kappa shape index (κ3) is 6.18. The minimum atomic E-state index is -6.00. The second-order valence-corrected chi connectivity index (χ2v) is 5.44. The fourth-order valence-corrected chi connectivity index (χ4v) is 2.67. The van der Waals surface area contributed by atoms with Gasteiger partial charge in [-0.05, 0) is 31.0 Å². The van der Waals surface area contributed by atoms with Crippen LogP contribution < -0.4 is 0 Å². The van der Waals surface area contributed by atoms with Crippen LogP contribution in [0.25, 0.3) is 4.98 Å². The number of hydrogen-bond donors (Lipinski definition) is 0. The summed E-state index contributed by atoms with van der Waals surface area (Å²) in [6.45, 7) is 4.10. The van der Waals surface area contributed by atoms with Gasteiger partial charge in [-0.2, -0.15) is 0 Å². The van der Waals surface area contributed by atoms with E-state index in [1.165, 1.54) is 10.5 Å². The Hall–Kier alpha value is -2.01. The Morgan fingerprint density at radius 3 is 2.00 bits per heavy atom. The Bertz CT molecular complexity index is 677. The van der Waals surface area contributed by atoms with Crippen molar-refractivity contribution in [1.29, 1.82) is 5.39 Å².